The van der Waals surface area contributed by atoms with Crippen molar-refractivity contribution in [2.75, 3.05) is 0 Å². The molecule has 0 radical (unpaired) electrons. The second kappa shape index (κ2) is 12.5. The first-order valence-corrected chi connectivity index (χ1v) is 18.0. The fraction of sp³-hybridized carbons (Fsp3) is 0. The van der Waals surface area contributed by atoms with Gasteiger partial charge in [0.05, 0.1) is 22.4 Å². The molecule has 0 atom stereocenters. The fourth-order valence-corrected chi connectivity index (χ4v) is 8.33. The Morgan fingerprint density at radius 3 is 1.77 bits per heavy atom. The van der Waals surface area contributed by atoms with Gasteiger partial charge in [-0.05, 0) is 94.9 Å². The van der Waals surface area contributed by atoms with E-state index in [0.29, 0.717) is 5.82 Å². The van der Waals surface area contributed by atoms with E-state index >= 15 is 0 Å². The Morgan fingerprint density at radius 1 is 0.442 bits per heavy atom. The van der Waals surface area contributed by atoms with Crippen LogP contribution in [0.1, 0.15) is 0 Å². The molecule has 5 aromatic heterocycles. The lowest BCUT2D eigenvalue weighted by molar-refractivity contribution is 1.16. The van der Waals surface area contributed by atoms with Gasteiger partial charge in [0.25, 0.3) is 0 Å². The quantitative estimate of drug-likeness (QED) is 0.175. The molecule has 0 aliphatic rings. The third-order valence-corrected chi connectivity index (χ3v) is 10.9. The van der Waals surface area contributed by atoms with Crippen LogP contribution in [0, 0.1) is 0 Å². The predicted molar refractivity (Wildman–Crippen MR) is 215 cm³/mol. The standard InChI is InChI=1S/C46H29N5S/c1-2-6-34(7-3-1)43-28-36-16-19-42-44(45(36)52-43)38-8-4-5-9-41(38)51(42)37-17-14-35(15-18-37)46-49-39(29-40(50-46)33-22-26-48-27-23-33)32-12-10-30(11-13-32)31-20-24-47-25-21-31/h1-29H. The Kier molecular flexibility index (Phi) is 7.25. The number of rotatable bonds is 6. The van der Waals surface area contributed by atoms with Crippen LogP contribution in [0.3, 0.4) is 0 Å². The summed E-state index contributed by atoms with van der Waals surface area (Å²) >= 11 is 1.87. The Labute approximate surface area is 304 Å². The molecule has 0 unspecified atom stereocenters. The van der Waals surface area contributed by atoms with Crippen LogP contribution in [-0.2, 0) is 0 Å². The number of para-hydroxylation sites is 1. The SMILES string of the molecule is c1ccc(-c2cc3ccc4c(c5ccccc5n4-c4ccc(-c5nc(-c6ccncc6)cc(-c6ccc(-c7ccncc7)cc6)n5)cc4)c3s2)cc1. The summed E-state index contributed by atoms with van der Waals surface area (Å²) in [6.07, 6.45) is 7.23. The van der Waals surface area contributed by atoms with E-state index in [2.05, 4.69) is 142 Å². The van der Waals surface area contributed by atoms with E-state index in [1.807, 2.05) is 48.0 Å². The van der Waals surface area contributed by atoms with Gasteiger partial charge in [0, 0.05) is 67.5 Å². The van der Waals surface area contributed by atoms with Crippen LogP contribution in [0.5, 0.6) is 0 Å². The lowest BCUT2D eigenvalue weighted by Gasteiger charge is -2.11. The maximum atomic E-state index is 5.11. The molecule has 244 valence electrons. The van der Waals surface area contributed by atoms with Crippen LogP contribution in [0.25, 0.3) is 93.0 Å². The van der Waals surface area contributed by atoms with E-state index in [1.54, 1.807) is 12.4 Å². The Hall–Kier alpha value is -6.76. The lowest BCUT2D eigenvalue weighted by atomic mass is 10.0. The molecular formula is C46H29N5S. The van der Waals surface area contributed by atoms with E-state index in [-0.39, 0.29) is 0 Å². The van der Waals surface area contributed by atoms with E-state index in [1.165, 1.54) is 42.3 Å². The maximum Gasteiger partial charge on any atom is 0.160 e. The summed E-state index contributed by atoms with van der Waals surface area (Å²) in [6.45, 7) is 0. The molecule has 5 heterocycles. The minimum absolute atomic E-state index is 0.671. The van der Waals surface area contributed by atoms with Crippen LogP contribution in [0.2, 0.25) is 0 Å². The van der Waals surface area contributed by atoms with Crippen molar-refractivity contribution in [2.24, 2.45) is 0 Å². The third kappa shape index (κ3) is 5.25. The summed E-state index contributed by atoms with van der Waals surface area (Å²) in [5.41, 5.74) is 11.6. The molecule has 0 spiro atoms. The average Bonchev–Trinajstić information content (AvgIpc) is 3.82. The molecule has 0 aliphatic carbocycles. The molecule has 0 aliphatic heterocycles. The molecule has 5 nitrogen and oxygen atoms in total. The number of benzene rings is 5. The van der Waals surface area contributed by atoms with Crippen LogP contribution in [0.4, 0.5) is 0 Å². The van der Waals surface area contributed by atoms with Gasteiger partial charge in [-0.25, -0.2) is 9.97 Å². The molecule has 0 saturated carbocycles. The molecule has 0 saturated heterocycles. The zero-order valence-corrected chi connectivity index (χ0v) is 28.7. The number of hydrogen-bond acceptors (Lipinski definition) is 5. The van der Waals surface area contributed by atoms with Crippen LogP contribution >= 0.6 is 11.3 Å². The highest BCUT2D eigenvalue weighted by atomic mass is 32.1. The van der Waals surface area contributed by atoms with Crippen molar-refractivity contribution >= 4 is 43.2 Å². The average molecular weight is 684 g/mol. The normalized spacial score (nSPS) is 11.5. The second-order valence-corrected chi connectivity index (χ2v) is 13.8. The zero-order chi connectivity index (χ0) is 34.4. The monoisotopic (exact) mass is 683 g/mol. The molecule has 0 bridgehead atoms. The van der Waals surface area contributed by atoms with Crippen molar-refractivity contribution in [2.45, 2.75) is 0 Å². The van der Waals surface area contributed by atoms with Gasteiger partial charge < -0.3 is 4.57 Å². The lowest BCUT2D eigenvalue weighted by Crippen LogP contribution is -1.97. The van der Waals surface area contributed by atoms with Crippen molar-refractivity contribution in [1.29, 1.82) is 0 Å². The summed E-state index contributed by atoms with van der Waals surface area (Å²) < 4.78 is 3.69. The van der Waals surface area contributed by atoms with Gasteiger partial charge >= 0.3 is 0 Å². The van der Waals surface area contributed by atoms with Crippen LogP contribution in [0.15, 0.2) is 176 Å². The number of pyridine rings is 2. The largest absolute Gasteiger partial charge is 0.309 e. The summed E-state index contributed by atoms with van der Waals surface area (Å²) in [5, 5.41) is 3.81. The number of nitrogens with zero attached hydrogens (tertiary/aromatic N) is 5. The summed E-state index contributed by atoms with van der Waals surface area (Å²) in [5.74, 6) is 0.671. The van der Waals surface area contributed by atoms with Crippen molar-refractivity contribution in [3.05, 3.63) is 176 Å². The van der Waals surface area contributed by atoms with Crippen molar-refractivity contribution < 1.29 is 0 Å². The van der Waals surface area contributed by atoms with Gasteiger partial charge in [0.1, 0.15) is 0 Å². The van der Waals surface area contributed by atoms with Crippen LogP contribution in [-0.4, -0.2) is 24.5 Å². The molecule has 0 N–H and O–H groups in total. The highest BCUT2D eigenvalue weighted by Crippen LogP contribution is 2.43. The molecule has 52 heavy (non-hydrogen) atoms. The number of hydrogen-bond donors (Lipinski definition) is 0. The van der Waals surface area contributed by atoms with Gasteiger partial charge in [-0.2, -0.15) is 0 Å². The number of thiophene rings is 1. The number of aromatic nitrogens is 5. The highest BCUT2D eigenvalue weighted by Gasteiger charge is 2.18. The molecule has 0 fully saturated rings. The second-order valence-electron chi connectivity index (χ2n) is 12.8. The first-order valence-electron chi connectivity index (χ1n) is 17.2. The van der Waals surface area contributed by atoms with E-state index < -0.39 is 0 Å². The minimum atomic E-state index is 0.671. The van der Waals surface area contributed by atoms with Crippen LogP contribution < -0.4 is 0 Å². The Morgan fingerprint density at radius 2 is 1.04 bits per heavy atom. The minimum Gasteiger partial charge on any atom is -0.309 e. The topological polar surface area (TPSA) is 56.5 Å². The Bertz CT molecular complexity index is 2860. The molecule has 10 rings (SSSR count). The highest BCUT2D eigenvalue weighted by molar-refractivity contribution is 7.23. The van der Waals surface area contributed by atoms with E-state index in [9.17, 15) is 0 Å². The maximum absolute atomic E-state index is 5.11. The smallest absolute Gasteiger partial charge is 0.160 e. The summed E-state index contributed by atoms with van der Waals surface area (Å²) in [7, 11) is 0. The zero-order valence-electron chi connectivity index (χ0n) is 27.9. The van der Waals surface area contributed by atoms with Gasteiger partial charge in [-0.15, -0.1) is 11.3 Å². The van der Waals surface area contributed by atoms with Crippen molar-refractivity contribution in [1.82, 2.24) is 24.5 Å². The Balaban J connectivity index is 1.07. The van der Waals surface area contributed by atoms with E-state index in [0.717, 1.165) is 44.9 Å². The fourth-order valence-electron chi connectivity index (χ4n) is 7.10. The molecule has 6 heteroatoms. The van der Waals surface area contributed by atoms with E-state index in [4.69, 9.17) is 9.97 Å². The molecule has 0 amide bonds. The predicted octanol–water partition coefficient (Wildman–Crippen LogP) is 11.9. The summed E-state index contributed by atoms with van der Waals surface area (Å²) in [4.78, 5) is 19.8. The van der Waals surface area contributed by atoms with Crippen molar-refractivity contribution in [3.63, 3.8) is 0 Å². The van der Waals surface area contributed by atoms with Crippen molar-refractivity contribution in [3.8, 4) is 61.2 Å². The van der Waals surface area contributed by atoms with Gasteiger partial charge in [-0.3, -0.25) is 9.97 Å². The number of fused-ring (bicyclic) bond motifs is 5. The molecular weight excluding hydrogens is 655 g/mol. The third-order valence-electron chi connectivity index (χ3n) is 9.66. The van der Waals surface area contributed by atoms with Gasteiger partial charge in [-0.1, -0.05) is 78.9 Å². The molecule has 5 aromatic carbocycles. The first kappa shape index (κ1) is 30.1. The van der Waals surface area contributed by atoms with Gasteiger partial charge in [0.2, 0.25) is 0 Å². The summed E-state index contributed by atoms with van der Waals surface area (Å²) in [6, 6.07) is 53.4. The first-order chi connectivity index (χ1) is 25.8. The van der Waals surface area contributed by atoms with Gasteiger partial charge in [0.15, 0.2) is 5.82 Å². The molecule has 10 aromatic rings.